The molecule has 84 valence electrons. The molecule has 2 unspecified atom stereocenters. The van der Waals surface area contributed by atoms with Crippen LogP contribution in [0, 0.1) is 0 Å². The maximum atomic E-state index is 11.3. The van der Waals surface area contributed by atoms with Crippen molar-refractivity contribution in [2.45, 2.75) is 32.5 Å². The Bertz CT molecular complexity index is 418. The van der Waals surface area contributed by atoms with Crippen molar-refractivity contribution in [1.82, 2.24) is 0 Å². The summed E-state index contributed by atoms with van der Waals surface area (Å²) in [5.74, 6) is 0.171. The molecule has 2 atom stereocenters. The first-order chi connectivity index (χ1) is 6.93. The predicted molar refractivity (Wildman–Crippen MR) is 64.6 cm³/mol. The zero-order chi connectivity index (χ0) is 11.6. The van der Waals surface area contributed by atoms with E-state index in [9.17, 15) is 9.59 Å². The highest BCUT2D eigenvalue weighted by Crippen LogP contribution is 2.27. The number of nitrogens with one attached hydrogen (secondary N) is 1. The van der Waals surface area contributed by atoms with Crippen LogP contribution in [0.1, 0.15) is 27.2 Å². The first kappa shape index (κ1) is 12.2. The molecule has 0 saturated heterocycles. The molecule has 4 nitrogen and oxygen atoms in total. The summed E-state index contributed by atoms with van der Waals surface area (Å²) in [4.78, 5) is 22.4. The molecule has 0 aliphatic carbocycles. The normalized spacial score (nSPS) is 14.9. The third-order valence-corrected chi connectivity index (χ3v) is 2.85. The van der Waals surface area contributed by atoms with Crippen molar-refractivity contribution in [3.63, 3.8) is 0 Å². The summed E-state index contributed by atoms with van der Waals surface area (Å²) in [6.07, 6.45) is 0.821. The molecule has 0 aliphatic rings. The molecular formula is C10H16NO3P. The molecule has 1 aromatic carbocycles. The molecule has 0 amide bonds. The number of rotatable bonds is 5. The van der Waals surface area contributed by atoms with E-state index < -0.39 is 10.9 Å². The van der Waals surface area contributed by atoms with E-state index in [1.165, 1.54) is 0 Å². The van der Waals surface area contributed by atoms with Crippen LogP contribution < -0.4 is 20.9 Å². The van der Waals surface area contributed by atoms with Gasteiger partial charge in [0, 0.05) is 5.28 Å². The lowest BCUT2D eigenvalue weighted by atomic mass is 10.1. The van der Waals surface area contributed by atoms with Crippen molar-refractivity contribution in [1.29, 1.82) is 0 Å². The molecule has 0 saturated carbocycles. The van der Waals surface area contributed by atoms with Crippen molar-refractivity contribution in [3.05, 3.63) is 20.4 Å². The topological polar surface area (TPSA) is 55.4 Å². The lowest BCUT2D eigenvalue weighted by Gasteiger charge is -2.27. The van der Waals surface area contributed by atoms with E-state index in [4.69, 9.17) is 4.74 Å². The van der Waals surface area contributed by atoms with Gasteiger partial charge in [-0.1, -0.05) is 6.92 Å². The quantitative estimate of drug-likeness (QED) is 0.606. The summed E-state index contributed by atoms with van der Waals surface area (Å²) in [6, 6.07) is 0. The van der Waals surface area contributed by atoms with Crippen LogP contribution in [-0.4, -0.2) is 11.9 Å². The maximum Gasteiger partial charge on any atom is 0.272 e. The summed E-state index contributed by atoms with van der Waals surface area (Å²) in [5, 5.41) is 2.72. The van der Waals surface area contributed by atoms with Crippen molar-refractivity contribution >= 4 is 14.9 Å². The van der Waals surface area contributed by atoms with E-state index in [0.717, 1.165) is 6.42 Å². The van der Waals surface area contributed by atoms with E-state index in [-0.39, 0.29) is 11.0 Å². The van der Waals surface area contributed by atoms with Gasteiger partial charge in [0.15, 0.2) is 5.75 Å². The Labute approximate surface area is 90.9 Å². The van der Waals surface area contributed by atoms with Gasteiger partial charge >= 0.3 is 0 Å². The smallest absolute Gasteiger partial charge is 0.272 e. The van der Waals surface area contributed by atoms with Gasteiger partial charge in [-0.05, 0) is 20.3 Å². The average Bonchev–Trinajstić information content (AvgIpc) is 2.22. The van der Waals surface area contributed by atoms with Crippen LogP contribution in [0.2, 0.25) is 0 Å². The standard InChI is InChI=1S/C10H16NO3P/c1-4-10(3,15)11-6-7(12)8(13)9(6)14-5-2/h11H,4-5,15H2,1-3H3. The molecule has 0 aliphatic heterocycles. The minimum absolute atomic E-state index is 0.171. The van der Waals surface area contributed by atoms with Gasteiger partial charge in [-0.3, -0.25) is 9.59 Å². The maximum absolute atomic E-state index is 11.3. The molecule has 1 aromatic rings. The van der Waals surface area contributed by atoms with Gasteiger partial charge in [0.1, 0.15) is 5.69 Å². The number of anilines is 1. The van der Waals surface area contributed by atoms with Gasteiger partial charge in [-0.2, -0.15) is 0 Å². The fraction of sp³-hybridized carbons (Fsp3) is 0.600. The molecule has 0 heterocycles. The highest BCUT2D eigenvalue weighted by Gasteiger charge is 2.26. The average molecular weight is 229 g/mol. The molecule has 0 fully saturated rings. The Morgan fingerprint density at radius 2 is 1.93 bits per heavy atom. The second-order valence-corrected chi connectivity index (χ2v) is 4.97. The third-order valence-electron chi connectivity index (χ3n) is 2.30. The second kappa shape index (κ2) is 4.31. The summed E-state index contributed by atoms with van der Waals surface area (Å²) in [7, 11) is 2.61. The van der Waals surface area contributed by atoms with Crippen molar-refractivity contribution < 1.29 is 4.74 Å². The van der Waals surface area contributed by atoms with Crippen LogP contribution >= 0.6 is 9.24 Å². The molecule has 1 rings (SSSR count). The first-order valence-electron chi connectivity index (χ1n) is 4.96. The Hall–Kier alpha value is -0.890. The van der Waals surface area contributed by atoms with Gasteiger partial charge in [0.25, 0.3) is 10.9 Å². The summed E-state index contributed by atoms with van der Waals surface area (Å²) in [6.45, 7) is 6.09. The van der Waals surface area contributed by atoms with Crippen molar-refractivity contribution in [2.75, 3.05) is 11.9 Å². The Morgan fingerprint density at radius 3 is 2.40 bits per heavy atom. The van der Waals surface area contributed by atoms with E-state index in [2.05, 4.69) is 14.6 Å². The van der Waals surface area contributed by atoms with Gasteiger partial charge in [0.2, 0.25) is 0 Å². The van der Waals surface area contributed by atoms with E-state index in [1.807, 2.05) is 13.8 Å². The fourth-order valence-electron chi connectivity index (χ4n) is 1.14. The Balaban J connectivity index is 2.92. The van der Waals surface area contributed by atoms with Crippen LogP contribution in [0.25, 0.3) is 0 Å². The zero-order valence-electron chi connectivity index (χ0n) is 9.22. The molecule has 5 heteroatoms. The van der Waals surface area contributed by atoms with Gasteiger partial charge in [0.05, 0.1) is 6.61 Å². The minimum Gasteiger partial charge on any atom is -0.488 e. The largest absolute Gasteiger partial charge is 0.488 e. The summed E-state index contributed by atoms with van der Waals surface area (Å²) < 4.78 is 5.10. The Morgan fingerprint density at radius 1 is 1.33 bits per heavy atom. The van der Waals surface area contributed by atoms with E-state index in [0.29, 0.717) is 12.3 Å². The number of hydrogen-bond acceptors (Lipinski definition) is 4. The number of hydrogen-bond donors (Lipinski definition) is 1. The molecular weight excluding hydrogens is 213 g/mol. The van der Waals surface area contributed by atoms with Crippen LogP contribution in [0.3, 0.4) is 0 Å². The third kappa shape index (κ3) is 2.37. The number of ether oxygens (including phenoxy) is 1. The lowest BCUT2D eigenvalue weighted by Crippen LogP contribution is -2.40. The van der Waals surface area contributed by atoms with Crippen LogP contribution in [0.15, 0.2) is 9.59 Å². The minimum atomic E-state index is -0.531. The highest BCUT2D eigenvalue weighted by atomic mass is 31.0. The van der Waals surface area contributed by atoms with Crippen LogP contribution in [0.5, 0.6) is 5.75 Å². The molecule has 15 heavy (non-hydrogen) atoms. The predicted octanol–water partition coefficient (Wildman–Crippen LogP) is 1.09. The van der Waals surface area contributed by atoms with Gasteiger partial charge in [-0.15, -0.1) is 9.24 Å². The fourth-order valence-corrected chi connectivity index (χ4v) is 1.28. The van der Waals surface area contributed by atoms with Gasteiger partial charge < -0.3 is 10.1 Å². The first-order valence-corrected chi connectivity index (χ1v) is 5.53. The van der Waals surface area contributed by atoms with Crippen molar-refractivity contribution in [3.8, 4) is 5.75 Å². The van der Waals surface area contributed by atoms with Crippen LogP contribution in [0.4, 0.5) is 5.69 Å². The van der Waals surface area contributed by atoms with E-state index in [1.54, 1.807) is 6.92 Å². The monoisotopic (exact) mass is 229 g/mol. The lowest BCUT2D eigenvalue weighted by molar-refractivity contribution is 0.334. The summed E-state index contributed by atoms with van der Waals surface area (Å²) in [5.41, 5.74) is -0.710. The second-order valence-electron chi connectivity index (χ2n) is 3.69. The summed E-state index contributed by atoms with van der Waals surface area (Å²) >= 11 is 0. The zero-order valence-corrected chi connectivity index (χ0v) is 10.4. The Kier molecular flexibility index (Phi) is 3.50. The van der Waals surface area contributed by atoms with Crippen molar-refractivity contribution in [2.24, 2.45) is 0 Å². The molecule has 0 spiro atoms. The SMILES string of the molecule is CCOc1c(NC(C)(P)CC)c(=O)c1=O. The molecule has 1 N–H and O–H groups in total. The van der Waals surface area contributed by atoms with Crippen LogP contribution in [-0.2, 0) is 0 Å². The highest BCUT2D eigenvalue weighted by molar-refractivity contribution is 7.19. The molecule has 0 aromatic heterocycles. The molecule has 0 radical (unpaired) electrons. The van der Waals surface area contributed by atoms with E-state index >= 15 is 0 Å². The molecule has 0 bridgehead atoms. The van der Waals surface area contributed by atoms with Gasteiger partial charge in [-0.25, -0.2) is 0 Å².